The largest absolute Gasteiger partial charge is 0.355 e. The maximum absolute atomic E-state index is 12.2. The molecule has 7 heteroatoms. The van der Waals surface area contributed by atoms with Crippen LogP contribution in [0, 0.1) is 0 Å². The van der Waals surface area contributed by atoms with Crippen LogP contribution in [-0.4, -0.2) is 85.4 Å². The fourth-order valence-corrected chi connectivity index (χ4v) is 3.36. The predicted molar refractivity (Wildman–Crippen MR) is 109 cm³/mol. The van der Waals surface area contributed by atoms with E-state index in [1.54, 1.807) is 0 Å². The normalized spacial score (nSPS) is 15.5. The molecule has 150 valence electrons. The van der Waals surface area contributed by atoms with E-state index in [1.165, 1.54) is 0 Å². The van der Waals surface area contributed by atoms with Crippen LogP contribution in [0.2, 0.25) is 5.02 Å². The van der Waals surface area contributed by atoms with Gasteiger partial charge in [-0.15, -0.1) is 0 Å². The number of rotatable bonds is 9. The molecule has 0 radical (unpaired) electrons. The zero-order valence-electron chi connectivity index (χ0n) is 16.4. The molecule has 0 unspecified atom stereocenters. The van der Waals surface area contributed by atoms with Crippen molar-refractivity contribution >= 4 is 23.4 Å². The van der Waals surface area contributed by atoms with Gasteiger partial charge in [-0.25, -0.2) is 0 Å². The molecule has 0 atom stereocenters. The van der Waals surface area contributed by atoms with Crippen molar-refractivity contribution in [3.05, 3.63) is 34.9 Å². The van der Waals surface area contributed by atoms with E-state index in [1.807, 2.05) is 43.0 Å². The van der Waals surface area contributed by atoms with Crippen molar-refractivity contribution in [3.8, 4) is 0 Å². The molecular weight excluding hydrogens is 364 g/mol. The lowest BCUT2D eigenvalue weighted by atomic mass is 10.1. The molecule has 1 aliphatic rings. The molecule has 1 saturated heterocycles. The van der Waals surface area contributed by atoms with Crippen LogP contribution in [0.15, 0.2) is 24.3 Å². The van der Waals surface area contributed by atoms with E-state index in [-0.39, 0.29) is 11.8 Å². The van der Waals surface area contributed by atoms with Gasteiger partial charge in [-0.05, 0) is 38.0 Å². The summed E-state index contributed by atoms with van der Waals surface area (Å²) in [5, 5.41) is 3.70. The number of piperazine rings is 1. The summed E-state index contributed by atoms with van der Waals surface area (Å²) in [7, 11) is 0. The minimum absolute atomic E-state index is 0.0524. The van der Waals surface area contributed by atoms with E-state index in [4.69, 9.17) is 11.6 Å². The van der Waals surface area contributed by atoms with E-state index in [0.29, 0.717) is 19.6 Å². The number of amides is 2. The standard InChI is InChI=1S/C20H31ClN4O2/c1-3-25(4-2)20(27)16-24-13-11-23(12-14-24)15-19(26)22-10-9-17-5-7-18(21)8-6-17/h5-8H,3-4,9-16H2,1-2H3,(H,22,26). The Kier molecular flexibility index (Phi) is 9.04. The molecule has 0 aromatic heterocycles. The average molecular weight is 395 g/mol. The van der Waals surface area contributed by atoms with Crippen LogP contribution in [-0.2, 0) is 16.0 Å². The van der Waals surface area contributed by atoms with Crippen molar-refractivity contribution < 1.29 is 9.59 Å². The van der Waals surface area contributed by atoms with Gasteiger partial charge in [-0.2, -0.15) is 0 Å². The topological polar surface area (TPSA) is 55.9 Å². The van der Waals surface area contributed by atoms with Gasteiger partial charge < -0.3 is 10.2 Å². The number of benzene rings is 1. The Labute approximate surface area is 167 Å². The molecule has 0 saturated carbocycles. The lowest BCUT2D eigenvalue weighted by molar-refractivity contribution is -0.133. The van der Waals surface area contributed by atoms with Gasteiger partial charge in [0, 0.05) is 50.8 Å². The number of hydrogen-bond acceptors (Lipinski definition) is 4. The fraction of sp³-hybridized carbons (Fsp3) is 0.600. The number of nitrogens with one attached hydrogen (secondary N) is 1. The van der Waals surface area contributed by atoms with Gasteiger partial charge in [0.05, 0.1) is 13.1 Å². The van der Waals surface area contributed by atoms with E-state index in [0.717, 1.165) is 56.3 Å². The molecule has 2 rings (SSSR count). The summed E-state index contributed by atoms with van der Waals surface area (Å²) in [5.41, 5.74) is 1.16. The Hall–Kier alpha value is -1.63. The van der Waals surface area contributed by atoms with E-state index >= 15 is 0 Å². The summed E-state index contributed by atoms with van der Waals surface area (Å²) in [6, 6.07) is 7.69. The molecule has 1 aromatic carbocycles. The molecular formula is C20H31ClN4O2. The monoisotopic (exact) mass is 394 g/mol. The summed E-state index contributed by atoms with van der Waals surface area (Å²) < 4.78 is 0. The predicted octanol–water partition coefficient (Wildman–Crippen LogP) is 1.48. The minimum atomic E-state index is 0.0524. The highest BCUT2D eigenvalue weighted by Crippen LogP contribution is 2.09. The number of likely N-dealkylation sites (N-methyl/N-ethyl adjacent to an activating group) is 1. The van der Waals surface area contributed by atoms with Crippen LogP contribution < -0.4 is 5.32 Å². The molecule has 1 aliphatic heterocycles. The minimum Gasteiger partial charge on any atom is -0.355 e. The number of carbonyl (C=O) groups excluding carboxylic acids is 2. The lowest BCUT2D eigenvalue weighted by Gasteiger charge is -2.34. The SMILES string of the molecule is CCN(CC)C(=O)CN1CCN(CC(=O)NCCc2ccc(Cl)cc2)CC1. The summed E-state index contributed by atoms with van der Waals surface area (Å²) in [4.78, 5) is 30.5. The highest BCUT2D eigenvalue weighted by molar-refractivity contribution is 6.30. The number of halogens is 1. The molecule has 0 aliphatic carbocycles. The number of carbonyl (C=O) groups is 2. The Morgan fingerprint density at radius 3 is 2.11 bits per heavy atom. The van der Waals surface area contributed by atoms with Crippen LogP contribution in [0.1, 0.15) is 19.4 Å². The maximum Gasteiger partial charge on any atom is 0.236 e. The van der Waals surface area contributed by atoms with Gasteiger partial charge in [-0.3, -0.25) is 19.4 Å². The van der Waals surface area contributed by atoms with Crippen LogP contribution in [0.5, 0.6) is 0 Å². The Bertz CT molecular complexity index is 597. The van der Waals surface area contributed by atoms with Crippen LogP contribution >= 0.6 is 11.6 Å². The third kappa shape index (κ3) is 7.48. The summed E-state index contributed by atoms with van der Waals surface area (Å²) in [5.74, 6) is 0.241. The van der Waals surface area contributed by atoms with E-state index in [9.17, 15) is 9.59 Å². The van der Waals surface area contributed by atoms with E-state index < -0.39 is 0 Å². The Morgan fingerprint density at radius 1 is 1.00 bits per heavy atom. The van der Waals surface area contributed by atoms with Gasteiger partial charge in [0.2, 0.25) is 11.8 Å². The molecule has 27 heavy (non-hydrogen) atoms. The Balaban J connectivity index is 1.62. The smallest absolute Gasteiger partial charge is 0.236 e. The first-order chi connectivity index (χ1) is 13.0. The molecule has 6 nitrogen and oxygen atoms in total. The molecule has 2 amide bonds. The molecule has 1 N–H and O–H groups in total. The van der Waals surface area contributed by atoms with Crippen LogP contribution in [0.4, 0.5) is 0 Å². The lowest BCUT2D eigenvalue weighted by Crippen LogP contribution is -2.52. The second-order valence-electron chi connectivity index (χ2n) is 6.84. The first-order valence-electron chi connectivity index (χ1n) is 9.75. The number of nitrogens with zero attached hydrogens (tertiary/aromatic N) is 3. The first kappa shape index (κ1) is 21.7. The molecule has 1 fully saturated rings. The van der Waals surface area contributed by atoms with Crippen molar-refractivity contribution in [2.75, 3.05) is 58.9 Å². The Morgan fingerprint density at radius 2 is 1.56 bits per heavy atom. The third-order valence-electron chi connectivity index (χ3n) is 4.96. The molecule has 0 bridgehead atoms. The van der Waals surface area contributed by atoms with Gasteiger partial charge in [0.25, 0.3) is 0 Å². The van der Waals surface area contributed by atoms with Crippen molar-refractivity contribution in [1.82, 2.24) is 20.0 Å². The fourth-order valence-electron chi connectivity index (χ4n) is 3.23. The van der Waals surface area contributed by atoms with Crippen molar-refractivity contribution in [2.45, 2.75) is 20.3 Å². The van der Waals surface area contributed by atoms with Crippen molar-refractivity contribution in [2.24, 2.45) is 0 Å². The molecule has 1 heterocycles. The van der Waals surface area contributed by atoms with Crippen molar-refractivity contribution in [1.29, 1.82) is 0 Å². The van der Waals surface area contributed by atoms with Crippen molar-refractivity contribution in [3.63, 3.8) is 0 Å². The van der Waals surface area contributed by atoms with Gasteiger partial charge in [-0.1, -0.05) is 23.7 Å². The van der Waals surface area contributed by atoms with Gasteiger partial charge in [0.15, 0.2) is 0 Å². The zero-order chi connectivity index (χ0) is 19.6. The molecule has 0 spiro atoms. The number of hydrogen-bond donors (Lipinski definition) is 1. The summed E-state index contributed by atoms with van der Waals surface area (Å²) >= 11 is 5.87. The quantitative estimate of drug-likeness (QED) is 0.689. The van der Waals surface area contributed by atoms with Gasteiger partial charge >= 0.3 is 0 Å². The first-order valence-corrected chi connectivity index (χ1v) is 10.1. The second-order valence-corrected chi connectivity index (χ2v) is 7.28. The van der Waals surface area contributed by atoms with Crippen LogP contribution in [0.3, 0.4) is 0 Å². The highest BCUT2D eigenvalue weighted by Gasteiger charge is 2.21. The van der Waals surface area contributed by atoms with Gasteiger partial charge in [0.1, 0.15) is 0 Å². The second kappa shape index (κ2) is 11.3. The molecule has 1 aromatic rings. The average Bonchev–Trinajstić information content (AvgIpc) is 2.66. The third-order valence-corrected chi connectivity index (χ3v) is 5.21. The summed E-state index contributed by atoms with van der Waals surface area (Å²) in [6.45, 7) is 10.3. The van der Waals surface area contributed by atoms with Crippen LogP contribution in [0.25, 0.3) is 0 Å². The summed E-state index contributed by atoms with van der Waals surface area (Å²) in [6.07, 6.45) is 0.796. The zero-order valence-corrected chi connectivity index (χ0v) is 17.2. The van der Waals surface area contributed by atoms with E-state index in [2.05, 4.69) is 15.1 Å². The maximum atomic E-state index is 12.2. The highest BCUT2D eigenvalue weighted by atomic mass is 35.5.